The van der Waals surface area contributed by atoms with Gasteiger partial charge in [-0.1, -0.05) is 6.92 Å². The molecule has 6 heteroatoms. The van der Waals surface area contributed by atoms with Gasteiger partial charge in [0, 0.05) is 24.8 Å². The lowest BCUT2D eigenvalue weighted by molar-refractivity contribution is 0.0520. The summed E-state index contributed by atoms with van der Waals surface area (Å²) in [5.74, 6) is 1.73. The van der Waals surface area contributed by atoms with Crippen LogP contribution in [-0.2, 0) is 24.1 Å². The van der Waals surface area contributed by atoms with Crippen molar-refractivity contribution in [1.82, 2.24) is 10.3 Å². The highest BCUT2D eigenvalue weighted by molar-refractivity contribution is 7.09. The molecule has 0 saturated carbocycles. The zero-order valence-electron chi connectivity index (χ0n) is 13.1. The molecule has 0 fully saturated rings. The Balaban J connectivity index is 1.65. The standard InChI is InChI=1S/C16H22N2O3S/c1-3-12-7-8-13(21-12)6-5-9-17-10-15-18-14(11-22-15)16(19)20-4-2/h7-8,11,17H,3-6,9-10H2,1-2H3. The van der Waals surface area contributed by atoms with E-state index in [-0.39, 0.29) is 5.97 Å². The summed E-state index contributed by atoms with van der Waals surface area (Å²) < 4.78 is 10.6. The van der Waals surface area contributed by atoms with Gasteiger partial charge in [-0.25, -0.2) is 9.78 Å². The van der Waals surface area contributed by atoms with Gasteiger partial charge in [-0.05, 0) is 32.0 Å². The predicted octanol–water partition coefficient (Wildman–Crippen LogP) is 3.20. The van der Waals surface area contributed by atoms with Crippen LogP contribution in [0.4, 0.5) is 0 Å². The van der Waals surface area contributed by atoms with Crippen molar-refractivity contribution in [3.05, 3.63) is 39.7 Å². The summed E-state index contributed by atoms with van der Waals surface area (Å²) in [4.78, 5) is 15.8. The summed E-state index contributed by atoms with van der Waals surface area (Å²) in [5.41, 5.74) is 0.395. The molecule has 0 unspecified atom stereocenters. The number of hydrogen-bond donors (Lipinski definition) is 1. The van der Waals surface area contributed by atoms with Crippen LogP contribution in [0.2, 0.25) is 0 Å². The number of aromatic nitrogens is 1. The van der Waals surface area contributed by atoms with Gasteiger partial charge < -0.3 is 14.5 Å². The molecule has 0 spiro atoms. The minimum absolute atomic E-state index is 0.352. The van der Waals surface area contributed by atoms with Crippen LogP contribution < -0.4 is 5.32 Å². The van der Waals surface area contributed by atoms with E-state index in [0.29, 0.717) is 18.8 Å². The summed E-state index contributed by atoms with van der Waals surface area (Å²) in [6.07, 6.45) is 2.87. The summed E-state index contributed by atoms with van der Waals surface area (Å²) in [5, 5.41) is 5.97. The van der Waals surface area contributed by atoms with Crippen LogP contribution in [-0.4, -0.2) is 24.1 Å². The summed E-state index contributed by atoms with van der Waals surface area (Å²) in [6, 6.07) is 4.08. The Labute approximate surface area is 134 Å². The van der Waals surface area contributed by atoms with Crippen LogP contribution in [0.3, 0.4) is 0 Å². The maximum Gasteiger partial charge on any atom is 0.357 e. The highest BCUT2D eigenvalue weighted by Crippen LogP contribution is 2.12. The zero-order chi connectivity index (χ0) is 15.8. The zero-order valence-corrected chi connectivity index (χ0v) is 13.9. The molecule has 0 aliphatic rings. The first-order valence-corrected chi connectivity index (χ1v) is 8.50. The minimum Gasteiger partial charge on any atom is -0.466 e. The first-order valence-electron chi connectivity index (χ1n) is 7.62. The molecule has 5 nitrogen and oxygen atoms in total. The lowest BCUT2D eigenvalue weighted by Gasteiger charge is -2.01. The second-order valence-electron chi connectivity index (χ2n) is 4.85. The van der Waals surface area contributed by atoms with E-state index < -0.39 is 0 Å². The van der Waals surface area contributed by atoms with E-state index in [2.05, 4.69) is 17.2 Å². The number of hydrogen-bond acceptors (Lipinski definition) is 6. The number of carbonyl (C=O) groups is 1. The molecule has 0 saturated heterocycles. The highest BCUT2D eigenvalue weighted by Gasteiger charge is 2.11. The normalized spacial score (nSPS) is 10.8. The summed E-state index contributed by atoms with van der Waals surface area (Å²) in [6.45, 7) is 5.80. The molecular weight excluding hydrogens is 300 g/mol. The number of furan rings is 1. The monoisotopic (exact) mass is 322 g/mol. The molecule has 0 aromatic carbocycles. The number of nitrogens with zero attached hydrogens (tertiary/aromatic N) is 1. The van der Waals surface area contributed by atoms with Gasteiger partial charge in [-0.2, -0.15) is 0 Å². The molecule has 0 aliphatic heterocycles. The van der Waals surface area contributed by atoms with E-state index in [1.807, 2.05) is 12.1 Å². The molecule has 0 aliphatic carbocycles. The second kappa shape index (κ2) is 8.70. The third kappa shape index (κ3) is 4.96. The van der Waals surface area contributed by atoms with E-state index in [1.54, 1.807) is 12.3 Å². The number of nitrogens with one attached hydrogen (secondary N) is 1. The van der Waals surface area contributed by atoms with E-state index in [0.717, 1.165) is 42.3 Å². The van der Waals surface area contributed by atoms with Crippen LogP contribution in [0, 0.1) is 0 Å². The summed E-state index contributed by atoms with van der Waals surface area (Å²) in [7, 11) is 0. The largest absolute Gasteiger partial charge is 0.466 e. The van der Waals surface area contributed by atoms with Gasteiger partial charge >= 0.3 is 5.97 Å². The Morgan fingerprint density at radius 2 is 2.18 bits per heavy atom. The first kappa shape index (κ1) is 16.7. The Hall–Kier alpha value is -1.66. The molecular formula is C16H22N2O3S. The maximum atomic E-state index is 11.5. The number of rotatable bonds is 9. The van der Waals surface area contributed by atoms with Gasteiger partial charge in [0.05, 0.1) is 6.61 Å². The number of thiazole rings is 1. The number of ether oxygens (including phenoxy) is 1. The van der Waals surface area contributed by atoms with E-state index >= 15 is 0 Å². The molecule has 120 valence electrons. The van der Waals surface area contributed by atoms with Crippen molar-refractivity contribution in [3.63, 3.8) is 0 Å². The van der Waals surface area contributed by atoms with Gasteiger partial charge in [0.1, 0.15) is 16.5 Å². The van der Waals surface area contributed by atoms with Crippen LogP contribution >= 0.6 is 11.3 Å². The quantitative estimate of drug-likeness (QED) is 0.567. The molecule has 1 N–H and O–H groups in total. The van der Waals surface area contributed by atoms with Gasteiger partial charge in [0.25, 0.3) is 0 Å². The van der Waals surface area contributed by atoms with E-state index in [1.165, 1.54) is 11.3 Å². The number of esters is 1. The Kier molecular flexibility index (Phi) is 6.61. The fourth-order valence-electron chi connectivity index (χ4n) is 2.02. The molecule has 2 aromatic heterocycles. The van der Waals surface area contributed by atoms with Gasteiger partial charge in [0.2, 0.25) is 0 Å². The Morgan fingerprint density at radius 3 is 2.91 bits per heavy atom. The van der Waals surface area contributed by atoms with Gasteiger partial charge in [-0.15, -0.1) is 11.3 Å². The number of aryl methyl sites for hydroxylation is 2. The average Bonchev–Trinajstić information content (AvgIpc) is 3.16. The van der Waals surface area contributed by atoms with Crippen molar-refractivity contribution >= 4 is 17.3 Å². The van der Waals surface area contributed by atoms with Crippen LogP contribution in [0.15, 0.2) is 21.9 Å². The van der Waals surface area contributed by atoms with Crippen molar-refractivity contribution in [1.29, 1.82) is 0 Å². The Morgan fingerprint density at radius 1 is 1.36 bits per heavy atom. The molecule has 0 bridgehead atoms. The maximum absolute atomic E-state index is 11.5. The molecule has 2 heterocycles. The van der Waals surface area contributed by atoms with Gasteiger partial charge in [0.15, 0.2) is 5.69 Å². The molecule has 0 amide bonds. The first-order chi connectivity index (χ1) is 10.7. The van der Waals surface area contributed by atoms with Crippen molar-refractivity contribution in [2.24, 2.45) is 0 Å². The lowest BCUT2D eigenvalue weighted by atomic mass is 10.2. The van der Waals surface area contributed by atoms with Crippen LogP contribution in [0.1, 0.15) is 47.3 Å². The highest BCUT2D eigenvalue weighted by atomic mass is 32.1. The topological polar surface area (TPSA) is 64.4 Å². The third-order valence-electron chi connectivity index (χ3n) is 3.16. The molecule has 22 heavy (non-hydrogen) atoms. The van der Waals surface area contributed by atoms with Crippen molar-refractivity contribution < 1.29 is 13.9 Å². The average molecular weight is 322 g/mol. The summed E-state index contributed by atoms with van der Waals surface area (Å²) >= 11 is 1.47. The van der Waals surface area contributed by atoms with Crippen molar-refractivity contribution in [2.75, 3.05) is 13.2 Å². The molecule has 0 radical (unpaired) electrons. The predicted molar refractivity (Wildman–Crippen MR) is 86.2 cm³/mol. The third-order valence-corrected chi connectivity index (χ3v) is 4.00. The van der Waals surface area contributed by atoms with Crippen LogP contribution in [0.5, 0.6) is 0 Å². The molecule has 2 rings (SSSR count). The fourth-order valence-corrected chi connectivity index (χ4v) is 2.75. The van der Waals surface area contributed by atoms with E-state index in [4.69, 9.17) is 9.15 Å². The Bertz CT molecular complexity index is 592. The SMILES string of the molecule is CCOC(=O)c1csc(CNCCCc2ccc(CC)o2)n1. The van der Waals surface area contributed by atoms with Crippen molar-refractivity contribution in [2.45, 2.75) is 39.7 Å². The van der Waals surface area contributed by atoms with E-state index in [9.17, 15) is 4.79 Å². The van der Waals surface area contributed by atoms with Gasteiger partial charge in [-0.3, -0.25) is 0 Å². The molecule has 0 atom stereocenters. The van der Waals surface area contributed by atoms with Crippen LogP contribution in [0.25, 0.3) is 0 Å². The number of carbonyl (C=O) groups excluding carboxylic acids is 1. The molecule has 2 aromatic rings. The lowest BCUT2D eigenvalue weighted by Crippen LogP contribution is -2.15. The smallest absolute Gasteiger partial charge is 0.357 e. The second-order valence-corrected chi connectivity index (χ2v) is 5.79. The van der Waals surface area contributed by atoms with Crippen molar-refractivity contribution in [3.8, 4) is 0 Å². The fraction of sp³-hybridized carbons (Fsp3) is 0.500. The minimum atomic E-state index is -0.352.